The Bertz CT molecular complexity index is 1130. The number of alkyl halides is 2. The molecule has 5 nitrogen and oxygen atoms in total. The molecule has 0 radical (unpaired) electrons. The highest BCUT2D eigenvalue weighted by Crippen LogP contribution is 2.31. The Labute approximate surface area is 162 Å². The van der Waals surface area contributed by atoms with Gasteiger partial charge in [0.15, 0.2) is 4.77 Å². The fraction of sp³-hybridized carbons (Fsp3) is 0.167. The number of H-pyrrole nitrogens is 1. The molecule has 0 aliphatic rings. The van der Waals surface area contributed by atoms with Crippen LogP contribution in [-0.2, 0) is 6.54 Å². The highest BCUT2D eigenvalue weighted by atomic mass is 32.2. The molecule has 1 aromatic heterocycles. The number of nitrogens with zero attached hydrogens (tertiary/aromatic N) is 1. The number of para-hydroxylation sites is 1. The minimum absolute atomic E-state index is 0.234. The van der Waals surface area contributed by atoms with Crippen molar-refractivity contribution < 1.29 is 13.6 Å². The van der Waals surface area contributed by atoms with E-state index in [2.05, 4.69) is 10.3 Å². The number of hydrogen-bond acceptors (Lipinski definition) is 4. The van der Waals surface area contributed by atoms with E-state index in [0.29, 0.717) is 34.9 Å². The highest BCUT2D eigenvalue weighted by Gasteiger charge is 2.14. The number of carbonyl (C=O) groups is 1. The molecule has 0 unspecified atom stereocenters. The van der Waals surface area contributed by atoms with Gasteiger partial charge in [0.1, 0.15) is 0 Å². The zero-order chi connectivity index (χ0) is 19.6. The van der Waals surface area contributed by atoms with Crippen molar-refractivity contribution in [2.75, 3.05) is 5.32 Å². The van der Waals surface area contributed by atoms with Gasteiger partial charge in [-0.3, -0.25) is 14.2 Å². The van der Waals surface area contributed by atoms with Crippen LogP contribution in [0.3, 0.4) is 0 Å². The van der Waals surface area contributed by atoms with Gasteiger partial charge in [0.25, 0.3) is 17.2 Å². The number of aromatic amines is 1. The number of carbonyl (C=O) groups excluding carboxylic acids is 1. The SMILES string of the molecule is CCn1c(=S)[nH]c2cc(C(=O)Nc3ccccc3SC(F)F)ccc2c1=O. The molecular formula is C18H15F2N3O2S2. The van der Waals surface area contributed by atoms with E-state index >= 15 is 0 Å². The van der Waals surface area contributed by atoms with E-state index in [-0.39, 0.29) is 20.8 Å². The Morgan fingerprint density at radius 3 is 2.74 bits per heavy atom. The highest BCUT2D eigenvalue weighted by molar-refractivity contribution is 7.99. The van der Waals surface area contributed by atoms with Crippen molar-refractivity contribution in [1.82, 2.24) is 9.55 Å². The number of halogens is 2. The second-order valence-electron chi connectivity index (χ2n) is 5.57. The van der Waals surface area contributed by atoms with Crippen LogP contribution in [0.4, 0.5) is 14.5 Å². The maximum Gasteiger partial charge on any atom is 0.288 e. The molecule has 0 atom stereocenters. The second kappa shape index (κ2) is 8.01. The molecule has 140 valence electrons. The second-order valence-corrected chi connectivity index (χ2v) is 6.99. The van der Waals surface area contributed by atoms with Crippen LogP contribution < -0.4 is 10.9 Å². The molecule has 9 heteroatoms. The van der Waals surface area contributed by atoms with Gasteiger partial charge in [0.05, 0.1) is 16.6 Å². The van der Waals surface area contributed by atoms with Crippen molar-refractivity contribution in [3.05, 3.63) is 63.2 Å². The maximum absolute atomic E-state index is 12.7. The van der Waals surface area contributed by atoms with Crippen LogP contribution >= 0.6 is 24.0 Å². The van der Waals surface area contributed by atoms with Crippen molar-refractivity contribution in [3.63, 3.8) is 0 Å². The van der Waals surface area contributed by atoms with Crippen molar-refractivity contribution >= 4 is 46.5 Å². The summed E-state index contributed by atoms with van der Waals surface area (Å²) >= 11 is 5.53. The van der Waals surface area contributed by atoms with Crippen LogP contribution in [0.25, 0.3) is 10.9 Å². The molecule has 2 aromatic carbocycles. The molecule has 3 rings (SSSR count). The van der Waals surface area contributed by atoms with Crippen molar-refractivity contribution in [2.24, 2.45) is 0 Å². The van der Waals surface area contributed by atoms with E-state index in [1.54, 1.807) is 24.3 Å². The summed E-state index contributed by atoms with van der Waals surface area (Å²) in [6, 6.07) is 10.9. The number of hydrogen-bond donors (Lipinski definition) is 2. The molecule has 0 aliphatic carbocycles. The number of amides is 1. The van der Waals surface area contributed by atoms with Gasteiger partial charge in [-0.2, -0.15) is 8.78 Å². The molecule has 27 heavy (non-hydrogen) atoms. The largest absolute Gasteiger partial charge is 0.332 e. The molecule has 0 saturated carbocycles. The number of nitrogens with one attached hydrogen (secondary N) is 2. The molecule has 1 amide bonds. The van der Waals surface area contributed by atoms with E-state index in [1.807, 2.05) is 6.92 Å². The molecular weight excluding hydrogens is 392 g/mol. The molecule has 3 aromatic rings. The minimum atomic E-state index is -2.59. The molecule has 0 bridgehead atoms. The topological polar surface area (TPSA) is 66.9 Å². The fourth-order valence-corrected chi connectivity index (χ4v) is 3.56. The molecule has 0 fully saturated rings. The maximum atomic E-state index is 12.7. The number of anilines is 1. The third-order valence-electron chi connectivity index (χ3n) is 3.91. The third kappa shape index (κ3) is 4.09. The van der Waals surface area contributed by atoms with E-state index in [4.69, 9.17) is 12.2 Å². The van der Waals surface area contributed by atoms with Gasteiger partial charge in [-0.25, -0.2) is 0 Å². The molecule has 1 heterocycles. The third-order valence-corrected chi connectivity index (χ3v) is 5.02. The van der Waals surface area contributed by atoms with Gasteiger partial charge in [-0.1, -0.05) is 23.9 Å². The Kier molecular flexibility index (Phi) is 5.71. The first-order valence-electron chi connectivity index (χ1n) is 8.02. The Morgan fingerprint density at radius 1 is 1.30 bits per heavy atom. The summed E-state index contributed by atoms with van der Waals surface area (Å²) in [5, 5.41) is 3.04. The van der Waals surface area contributed by atoms with Gasteiger partial charge in [0.2, 0.25) is 0 Å². The van der Waals surface area contributed by atoms with Crippen molar-refractivity contribution in [3.8, 4) is 0 Å². The van der Waals surface area contributed by atoms with E-state index in [0.717, 1.165) is 0 Å². The first-order chi connectivity index (χ1) is 12.9. The van der Waals surface area contributed by atoms with Crippen LogP contribution in [0.5, 0.6) is 0 Å². The summed E-state index contributed by atoms with van der Waals surface area (Å²) in [6.45, 7) is 2.25. The number of fused-ring (bicyclic) bond motifs is 1. The Hall–Kier alpha value is -2.52. The summed E-state index contributed by atoms with van der Waals surface area (Å²) in [6.07, 6.45) is 0. The quantitative estimate of drug-likeness (QED) is 0.477. The van der Waals surface area contributed by atoms with E-state index in [1.165, 1.54) is 22.8 Å². The number of thioether (sulfide) groups is 1. The van der Waals surface area contributed by atoms with Crippen molar-refractivity contribution in [1.29, 1.82) is 0 Å². The van der Waals surface area contributed by atoms with Crippen LogP contribution in [0, 0.1) is 4.77 Å². The number of rotatable bonds is 5. The average Bonchev–Trinajstić information content (AvgIpc) is 2.62. The lowest BCUT2D eigenvalue weighted by atomic mass is 10.1. The average molecular weight is 407 g/mol. The predicted octanol–water partition coefficient (Wildman–Crippen LogP) is 4.65. The molecule has 0 spiro atoms. The summed E-state index contributed by atoms with van der Waals surface area (Å²) < 4.78 is 27.1. The normalized spacial score (nSPS) is 11.1. The Morgan fingerprint density at radius 2 is 2.04 bits per heavy atom. The van der Waals surface area contributed by atoms with E-state index in [9.17, 15) is 18.4 Å². The zero-order valence-corrected chi connectivity index (χ0v) is 15.8. The molecule has 0 saturated heterocycles. The van der Waals surface area contributed by atoms with Crippen molar-refractivity contribution in [2.45, 2.75) is 24.1 Å². The van der Waals surface area contributed by atoms with Gasteiger partial charge in [0, 0.05) is 17.0 Å². The standard InChI is InChI=1S/C18H15F2N3O2S2/c1-2-23-16(25)11-8-7-10(9-13(11)22-18(23)26)15(24)21-12-5-3-4-6-14(12)27-17(19)20/h3-9,17H,2H2,1H3,(H,21,24)(H,22,26). The lowest BCUT2D eigenvalue weighted by Gasteiger charge is -2.11. The lowest BCUT2D eigenvalue weighted by Crippen LogP contribution is -2.21. The first kappa shape index (κ1) is 19.2. The van der Waals surface area contributed by atoms with Crippen LogP contribution in [0.2, 0.25) is 0 Å². The van der Waals surface area contributed by atoms with Crippen LogP contribution in [-0.4, -0.2) is 21.2 Å². The number of benzene rings is 2. The molecule has 0 aliphatic heterocycles. The fourth-order valence-electron chi connectivity index (χ4n) is 2.65. The Balaban J connectivity index is 1.96. The minimum Gasteiger partial charge on any atom is -0.332 e. The predicted molar refractivity (Wildman–Crippen MR) is 105 cm³/mol. The molecule has 2 N–H and O–H groups in total. The van der Waals surface area contributed by atoms with Gasteiger partial charge >= 0.3 is 0 Å². The first-order valence-corrected chi connectivity index (χ1v) is 9.31. The smallest absolute Gasteiger partial charge is 0.288 e. The van der Waals surface area contributed by atoms with Gasteiger partial charge in [-0.05, 0) is 49.5 Å². The van der Waals surface area contributed by atoms with Gasteiger partial charge in [-0.15, -0.1) is 0 Å². The summed E-state index contributed by atoms with van der Waals surface area (Å²) in [4.78, 5) is 28.2. The summed E-state index contributed by atoms with van der Waals surface area (Å²) in [7, 11) is 0. The lowest BCUT2D eigenvalue weighted by molar-refractivity contribution is 0.102. The van der Waals surface area contributed by atoms with Crippen LogP contribution in [0.15, 0.2) is 52.2 Å². The van der Waals surface area contributed by atoms with E-state index < -0.39 is 11.7 Å². The van der Waals surface area contributed by atoms with Gasteiger partial charge < -0.3 is 10.3 Å². The van der Waals surface area contributed by atoms with Crippen LogP contribution in [0.1, 0.15) is 17.3 Å². The number of aromatic nitrogens is 2. The summed E-state index contributed by atoms with van der Waals surface area (Å²) in [5.41, 5.74) is 0.778. The summed E-state index contributed by atoms with van der Waals surface area (Å²) in [5.74, 6) is -3.07. The zero-order valence-electron chi connectivity index (χ0n) is 14.2. The monoisotopic (exact) mass is 407 g/mol.